The zero-order valence-corrected chi connectivity index (χ0v) is 9.31. The van der Waals surface area contributed by atoms with Gasteiger partial charge in [0.2, 0.25) is 0 Å². The molecule has 0 aliphatic heterocycles. The van der Waals surface area contributed by atoms with Gasteiger partial charge in [0.1, 0.15) is 0 Å². The summed E-state index contributed by atoms with van der Waals surface area (Å²) in [6.45, 7) is 4.84. The highest BCUT2D eigenvalue weighted by Gasteiger charge is 2.22. The van der Waals surface area contributed by atoms with Crippen molar-refractivity contribution in [2.75, 3.05) is 0 Å². The van der Waals surface area contributed by atoms with Crippen LogP contribution in [-0.4, -0.2) is 20.9 Å². The van der Waals surface area contributed by atoms with Crippen molar-refractivity contribution in [2.24, 2.45) is 0 Å². The Hall–Kier alpha value is -1.32. The van der Waals surface area contributed by atoms with E-state index in [9.17, 15) is 4.79 Å². The molecule has 0 spiro atoms. The van der Waals surface area contributed by atoms with Crippen LogP contribution in [0.3, 0.4) is 0 Å². The van der Waals surface area contributed by atoms with Crippen molar-refractivity contribution in [2.45, 2.75) is 45.6 Å². The lowest BCUT2D eigenvalue weighted by molar-refractivity contribution is -0.139. The van der Waals surface area contributed by atoms with Crippen molar-refractivity contribution in [3.8, 4) is 0 Å². The van der Waals surface area contributed by atoms with E-state index in [4.69, 9.17) is 5.11 Å². The van der Waals surface area contributed by atoms with Crippen LogP contribution in [-0.2, 0) is 11.3 Å². The Balaban J connectivity index is 2.89. The second-order valence-corrected chi connectivity index (χ2v) is 3.66. The summed E-state index contributed by atoms with van der Waals surface area (Å²) in [5.41, 5.74) is 0.825. The minimum absolute atomic E-state index is 0.413. The molecule has 0 saturated carbocycles. The zero-order chi connectivity index (χ0) is 11.3. The van der Waals surface area contributed by atoms with Crippen LogP contribution in [0.15, 0.2) is 12.3 Å². The maximum atomic E-state index is 11.1. The van der Waals surface area contributed by atoms with Crippen LogP contribution in [0.25, 0.3) is 0 Å². The fourth-order valence-corrected chi connectivity index (χ4v) is 1.72. The van der Waals surface area contributed by atoms with E-state index in [1.807, 2.05) is 13.0 Å². The van der Waals surface area contributed by atoms with Crippen LogP contribution >= 0.6 is 0 Å². The molecule has 1 unspecified atom stereocenters. The third-order valence-corrected chi connectivity index (χ3v) is 2.42. The predicted octanol–water partition coefficient (Wildman–Crippen LogP) is 2.26. The summed E-state index contributed by atoms with van der Waals surface area (Å²) in [6, 6.07) is 1.81. The number of hydrogen-bond donors (Lipinski definition) is 1. The molecule has 1 heterocycles. The summed E-state index contributed by atoms with van der Waals surface area (Å²) in [7, 11) is 0. The molecule has 0 amide bonds. The topological polar surface area (TPSA) is 55.1 Å². The van der Waals surface area contributed by atoms with Gasteiger partial charge >= 0.3 is 5.97 Å². The molecular formula is C11H18N2O2. The molecule has 1 aromatic heterocycles. The SMILES string of the molecule is CCCC(C(=O)O)c1ccnn1CCC. The van der Waals surface area contributed by atoms with E-state index in [1.165, 1.54) is 0 Å². The number of aromatic nitrogens is 2. The summed E-state index contributed by atoms with van der Waals surface area (Å²) in [5, 5.41) is 13.3. The molecule has 0 aliphatic carbocycles. The van der Waals surface area contributed by atoms with Crippen molar-refractivity contribution in [3.05, 3.63) is 18.0 Å². The van der Waals surface area contributed by atoms with Crippen LogP contribution in [0.4, 0.5) is 0 Å². The van der Waals surface area contributed by atoms with Gasteiger partial charge in [-0.25, -0.2) is 0 Å². The van der Waals surface area contributed by atoms with E-state index in [0.717, 1.165) is 25.1 Å². The lowest BCUT2D eigenvalue weighted by atomic mass is 10.00. The standard InChI is InChI=1S/C11H18N2O2/c1-3-5-9(11(14)15)10-6-7-12-13(10)8-4-2/h6-7,9H,3-5,8H2,1-2H3,(H,14,15). The number of aryl methyl sites for hydroxylation is 1. The maximum absolute atomic E-state index is 11.1. The molecule has 1 atom stereocenters. The first kappa shape index (κ1) is 11.8. The Morgan fingerprint density at radius 3 is 2.80 bits per heavy atom. The first-order chi connectivity index (χ1) is 7.20. The summed E-state index contributed by atoms with van der Waals surface area (Å²) < 4.78 is 1.80. The first-order valence-corrected chi connectivity index (χ1v) is 5.45. The highest BCUT2D eigenvalue weighted by molar-refractivity contribution is 5.75. The number of carboxylic acids is 1. The summed E-state index contributed by atoms with van der Waals surface area (Å²) in [4.78, 5) is 11.1. The highest BCUT2D eigenvalue weighted by atomic mass is 16.4. The van der Waals surface area contributed by atoms with Gasteiger partial charge in [0.15, 0.2) is 0 Å². The van der Waals surface area contributed by atoms with Crippen LogP contribution in [0.2, 0.25) is 0 Å². The number of hydrogen-bond acceptors (Lipinski definition) is 2. The van der Waals surface area contributed by atoms with E-state index in [2.05, 4.69) is 12.0 Å². The number of aliphatic carboxylic acids is 1. The average Bonchev–Trinajstić information content (AvgIpc) is 2.62. The summed E-state index contributed by atoms with van der Waals surface area (Å²) in [5.74, 6) is -1.17. The third-order valence-electron chi connectivity index (χ3n) is 2.42. The lowest BCUT2D eigenvalue weighted by Gasteiger charge is -2.13. The van der Waals surface area contributed by atoms with E-state index in [-0.39, 0.29) is 0 Å². The van der Waals surface area contributed by atoms with Gasteiger partial charge in [-0.15, -0.1) is 0 Å². The normalized spacial score (nSPS) is 12.7. The highest BCUT2D eigenvalue weighted by Crippen LogP contribution is 2.21. The Kier molecular flexibility index (Phi) is 4.34. The molecule has 4 heteroatoms. The van der Waals surface area contributed by atoms with Gasteiger partial charge in [0.05, 0.1) is 11.6 Å². The first-order valence-electron chi connectivity index (χ1n) is 5.45. The minimum Gasteiger partial charge on any atom is -0.481 e. The fourth-order valence-electron chi connectivity index (χ4n) is 1.72. The molecule has 0 bridgehead atoms. The Morgan fingerprint density at radius 1 is 1.53 bits per heavy atom. The number of carbonyl (C=O) groups is 1. The molecule has 15 heavy (non-hydrogen) atoms. The van der Waals surface area contributed by atoms with Gasteiger partial charge in [0, 0.05) is 12.7 Å². The minimum atomic E-state index is -0.755. The van der Waals surface area contributed by atoms with E-state index < -0.39 is 11.9 Å². The van der Waals surface area contributed by atoms with Gasteiger partial charge in [-0.1, -0.05) is 20.3 Å². The molecular weight excluding hydrogens is 192 g/mol. The number of rotatable bonds is 6. The molecule has 0 radical (unpaired) electrons. The van der Waals surface area contributed by atoms with Crippen LogP contribution < -0.4 is 0 Å². The summed E-state index contributed by atoms with van der Waals surface area (Å²) in [6.07, 6.45) is 4.18. The van der Waals surface area contributed by atoms with Crippen molar-refractivity contribution in [1.82, 2.24) is 9.78 Å². The third kappa shape index (κ3) is 2.81. The van der Waals surface area contributed by atoms with Crippen molar-refractivity contribution >= 4 is 5.97 Å². The second-order valence-electron chi connectivity index (χ2n) is 3.66. The monoisotopic (exact) mass is 210 g/mol. The molecule has 0 fully saturated rings. The van der Waals surface area contributed by atoms with Crippen LogP contribution in [0.5, 0.6) is 0 Å². The molecule has 0 aliphatic rings. The molecule has 4 nitrogen and oxygen atoms in total. The average molecular weight is 210 g/mol. The van der Waals surface area contributed by atoms with Gasteiger partial charge in [-0.05, 0) is 18.9 Å². The summed E-state index contributed by atoms with van der Waals surface area (Å²) >= 11 is 0. The van der Waals surface area contributed by atoms with E-state index in [0.29, 0.717) is 6.42 Å². The Labute approximate surface area is 89.9 Å². The Bertz CT molecular complexity index is 320. The van der Waals surface area contributed by atoms with Gasteiger partial charge in [-0.2, -0.15) is 5.10 Å². The van der Waals surface area contributed by atoms with Crippen LogP contribution in [0, 0.1) is 0 Å². The smallest absolute Gasteiger partial charge is 0.312 e. The molecule has 1 N–H and O–H groups in total. The molecule has 1 rings (SSSR count). The molecule has 84 valence electrons. The van der Waals surface area contributed by atoms with Gasteiger partial charge < -0.3 is 5.11 Å². The van der Waals surface area contributed by atoms with Crippen molar-refractivity contribution in [1.29, 1.82) is 0 Å². The van der Waals surface area contributed by atoms with Gasteiger partial charge in [-0.3, -0.25) is 9.48 Å². The number of carboxylic acid groups (broad SMARTS) is 1. The van der Waals surface area contributed by atoms with E-state index >= 15 is 0 Å². The fraction of sp³-hybridized carbons (Fsp3) is 0.636. The molecule has 0 saturated heterocycles. The van der Waals surface area contributed by atoms with Crippen molar-refractivity contribution < 1.29 is 9.90 Å². The maximum Gasteiger partial charge on any atom is 0.312 e. The molecule has 1 aromatic rings. The quantitative estimate of drug-likeness (QED) is 0.783. The van der Waals surface area contributed by atoms with E-state index in [1.54, 1.807) is 10.9 Å². The zero-order valence-electron chi connectivity index (χ0n) is 9.31. The second kappa shape index (κ2) is 5.53. The number of nitrogens with zero attached hydrogens (tertiary/aromatic N) is 2. The van der Waals surface area contributed by atoms with Crippen molar-refractivity contribution in [3.63, 3.8) is 0 Å². The molecule has 0 aromatic carbocycles. The van der Waals surface area contributed by atoms with Crippen LogP contribution in [0.1, 0.15) is 44.7 Å². The Morgan fingerprint density at radius 2 is 2.27 bits per heavy atom. The lowest BCUT2D eigenvalue weighted by Crippen LogP contribution is -2.16. The predicted molar refractivity (Wildman–Crippen MR) is 57.8 cm³/mol. The van der Waals surface area contributed by atoms with Gasteiger partial charge in [0.25, 0.3) is 0 Å². The largest absolute Gasteiger partial charge is 0.481 e.